The molecular formula is C17H21N3O3S. The molecule has 1 aliphatic heterocycles. The van der Waals surface area contributed by atoms with Crippen LogP contribution in [0.25, 0.3) is 0 Å². The summed E-state index contributed by atoms with van der Waals surface area (Å²) < 4.78 is 26.7. The highest BCUT2D eigenvalue weighted by atomic mass is 32.2. The van der Waals surface area contributed by atoms with E-state index in [1.165, 1.54) is 41.4 Å². The minimum atomic E-state index is -3.56. The number of benzene rings is 1. The first-order chi connectivity index (χ1) is 11.5. The monoisotopic (exact) mass is 347 g/mol. The zero-order valence-corrected chi connectivity index (χ0v) is 14.3. The van der Waals surface area contributed by atoms with Gasteiger partial charge >= 0.3 is 0 Å². The van der Waals surface area contributed by atoms with Crippen LogP contribution in [0, 0.1) is 23.2 Å². The third-order valence-corrected chi connectivity index (χ3v) is 6.62. The predicted octanol–water partition coefficient (Wildman–Crippen LogP) is 1.49. The molecule has 1 aromatic rings. The number of rotatable bonds is 5. The zero-order valence-electron chi connectivity index (χ0n) is 13.4. The molecule has 3 rings (SSSR count). The Hall–Kier alpha value is -1.91. The largest absolute Gasteiger partial charge is 0.356 e. The molecule has 1 amide bonds. The third kappa shape index (κ3) is 3.77. The second-order valence-corrected chi connectivity index (χ2v) is 8.44. The molecule has 0 aromatic heterocycles. The minimum Gasteiger partial charge on any atom is -0.356 e. The summed E-state index contributed by atoms with van der Waals surface area (Å²) >= 11 is 0. The van der Waals surface area contributed by atoms with E-state index >= 15 is 0 Å². The van der Waals surface area contributed by atoms with Crippen LogP contribution in [0.2, 0.25) is 0 Å². The van der Waals surface area contributed by atoms with E-state index < -0.39 is 10.0 Å². The first-order valence-corrected chi connectivity index (χ1v) is 9.73. The molecule has 24 heavy (non-hydrogen) atoms. The van der Waals surface area contributed by atoms with E-state index in [1.807, 2.05) is 6.07 Å². The van der Waals surface area contributed by atoms with E-state index in [1.54, 1.807) is 0 Å². The molecule has 2 fully saturated rings. The average molecular weight is 347 g/mol. The lowest BCUT2D eigenvalue weighted by molar-refractivity contribution is -0.126. The van der Waals surface area contributed by atoms with Gasteiger partial charge in [0, 0.05) is 25.6 Å². The molecule has 0 radical (unpaired) electrons. The van der Waals surface area contributed by atoms with Crippen LogP contribution < -0.4 is 5.32 Å². The van der Waals surface area contributed by atoms with E-state index in [2.05, 4.69) is 5.32 Å². The lowest BCUT2D eigenvalue weighted by Gasteiger charge is -2.30. The molecule has 1 saturated heterocycles. The molecule has 1 aromatic carbocycles. The van der Waals surface area contributed by atoms with Crippen molar-refractivity contribution in [1.82, 2.24) is 9.62 Å². The van der Waals surface area contributed by atoms with Gasteiger partial charge in [-0.2, -0.15) is 9.57 Å². The van der Waals surface area contributed by atoms with Crippen molar-refractivity contribution in [2.45, 2.75) is 30.6 Å². The van der Waals surface area contributed by atoms with Gasteiger partial charge in [-0.1, -0.05) is 0 Å². The summed E-state index contributed by atoms with van der Waals surface area (Å²) in [6, 6.07) is 7.91. The SMILES string of the molecule is N#Cc1ccc(S(=O)(=O)N2CCC(C(=O)NCC3CC3)CC2)cc1. The smallest absolute Gasteiger partial charge is 0.243 e. The van der Waals surface area contributed by atoms with Gasteiger partial charge in [-0.05, 0) is 55.9 Å². The molecule has 0 spiro atoms. The summed E-state index contributed by atoms with van der Waals surface area (Å²) in [5, 5.41) is 11.8. The summed E-state index contributed by atoms with van der Waals surface area (Å²) in [5.41, 5.74) is 0.431. The van der Waals surface area contributed by atoms with Crippen LogP contribution in [0.1, 0.15) is 31.2 Å². The number of carbonyl (C=O) groups excluding carboxylic acids is 1. The van der Waals surface area contributed by atoms with Crippen LogP contribution in [0.5, 0.6) is 0 Å². The van der Waals surface area contributed by atoms with Gasteiger partial charge in [0.25, 0.3) is 0 Å². The van der Waals surface area contributed by atoms with Crippen molar-refractivity contribution in [3.63, 3.8) is 0 Å². The van der Waals surface area contributed by atoms with E-state index in [9.17, 15) is 13.2 Å². The quantitative estimate of drug-likeness (QED) is 0.873. The van der Waals surface area contributed by atoms with Crippen LogP contribution in [-0.2, 0) is 14.8 Å². The van der Waals surface area contributed by atoms with Crippen molar-refractivity contribution >= 4 is 15.9 Å². The number of amides is 1. The molecule has 7 heteroatoms. The number of hydrogen-bond acceptors (Lipinski definition) is 4. The van der Waals surface area contributed by atoms with Gasteiger partial charge in [-0.3, -0.25) is 4.79 Å². The molecule has 0 unspecified atom stereocenters. The van der Waals surface area contributed by atoms with Gasteiger partial charge in [-0.25, -0.2) is 8.42 Å². The average Bonchev–Trinajstić information content (AvgIpc) is 3.44. The number of carbonyl (C=O) groups is 1. The Kier molecular flexibility index (Phi) is 4.88. The van der Waals surface area contributed by atoms with Crippen LogP contribution in [0.3, 0.4) is 0 Å². The highest BCUT2D eigenvalue weighted by Crippen LogP contribution is 2.28. The molecule has 1 saturated carbocycles. The Bertz CT molecular complexity index is 740. The number of sulfonamides is 1. The lowest BCUT2D eigenvalue weighted by Crippen LogP contribution is -2.43. The first-order valence-electron chi connectivity index (χ1n) is 8.29. The van der Waals surface area contributed by atoms with Crippen molar-refractivity contribution in [3.05, 3.63) is 29.8 Å². The fourth-order valence-corrected chi connectivity index (χ4v) is 4.39. The predicted molar refractivity (Wildman–Crippen MR) is 88.4 cm³/mol. The first kappa shape index (κ1) is 16.9. The highest BCUT2D eigenvalue weighted by Gasteiger charge is 2.32. The van der Waals surface area contributed by atoms with Crippen molar-refractivity contribution in [2.24, 2.45) is 11.8 Å². The Morgan fingerprint density at radius 1 is 1.17 bits per heavy atom. The van der Waals surface area contributed by atoms with Crippen LogP contribution >= 0.6 is 0 Å². The maximum absolute atomic E-state index is 12.6. The summed E-state index contributed by atoms with van der Waals surface area (Å²) in [6.45, 7) is 1.45. The molecule has 1 heterocycles. The molecule has 1 N–H and O–H groups in total. The maximum atomic E-state index is 12.6. The molecule has 6 nitrogen and oxygen atoms in total. The van der Waals surface area contributed by atoms with Gasteiger partial charge in [0.05, 0.1) is 16.5 Å². The van der Waals surface area contributed by atoms with Crippen molar-refractivity contribution < 1.29 is 13.2 Å². The van der Waals surface area contributed by atoms with Gasteiger partial charge in [-0.15, -0.1) is 0 Å². The van der Waals surface area contributed by atoms with Gasteiger partial charge < -0.3 is 5.32 Å². The van der Waals surface area contributed by atoms with Gasteiger partial charge in [0.2, 0.25) is 15.9 Å². The number of hydrogen-bond donors (Lipinski definition) is 1. The second-order valence-electron chi connectivity index (χ2n) is 6.50. The Balaban J connectivity index is 1.58. The number of piperidine rings is 1. The minimum absolute atomic E-state index is 0.0531. The summed E-state index contributed by atoms with van der Waals surface area (Å²) in [5.74, 6) is 0.597. The fraction of sp³-hybridized carbons (Fsp3) is 0.529. The summed E-state index contributed by atoms with van der Waals surface area (Å²) in [7, 11) is -3.56. The van der Waals surface area contributed by atoms with E-state index in [0.29, 0.717) is 37.4 Å². The standard InChI is InChI=1S/C17H21N3O3S/c18-11-13-3-5-16(6-4-13)24(22,23)20-9-7-15(8-10-20)17(21)19-12-14-1-2-14/h3-6,14-15H,1-2,7-10,12H2,(H,19,21). The van der Waals surface area contributed by atoms with Crippen molar-refractivity contribution in [3.8, 4) is 6.07 Å². The van der Waals surface area contributed by atoms with E-state index in [-0.39, 0.29) is 16.7 Å². The van der Waals surface area contributed by atoms with Crippen molar-refractivity contribution in [2.75, 3.05) is 19.6 Å². The van der Waals surface area contributed by atoms with Crippen LogP contribution in [0.4, 0.5) is 0 Å². The summed E-state index contributed by atoms with van der Waals surface area (Å²) in [6.07, 6.45) is 3.49. The Morgan fingerprint density at radius 3 is 2.33 bits per heavy atom. The van der Waals surface area contributed by atoms with E-state index in [4.69, 9.17) is 5.26 Å². The molecule has 1 aliphatic carbocycles. The molecule has 128 valence electrons. The van der Waals surface area contributed by atoms with Gasteiger partial charge in [0.1, 0.15) is 0 Å². The van der Waals surface area contributed by atoms with E-state index in [0.717, 1.165) is 6.54 Å². The topological polar surface area (TPSA) is 90.3 Å². The number of nitrogens with one attached hydrogen (secondary N) is 1. The van der Waals surface area contributed by atoms with Crippen LogP contribution in [0.15, 0.2) is 29.2 Å². The second kappa shape index (κ2) is 6.91. The zero-order chi connectivity index (χ0) is 17.2. The maximum Gasteiger partial charge on any atom is 0.243 e. The van der Waals surface area contributed by atoms with Gasteiger partial charge in [0.15, 0.2) is 0 Å². The summed E-state index contributed by atoms with van der Waals surface area (Å²) in [4.78, 5) is 12.3. The van der Waals surface area contributed by atoms with Crippen molar-refractivity contribution in [1.29, 1.82) is 5.26 Å². The third-order valence-electron chi connectivity index (χ3n) is 4.71. The molecule has 0 bridgehead atoms. The fourth-order valence-electron chi connectivity index (χ4n) is 2.92. The molecule has 2 aliphatic rings. The Labute approximate surface area is 142 Å². The molecule has 0 atom stereocenters. The Morgan fingerprint density at radius 2 is 1.79 bits per heavy atom. The molecular weight excluding hydrogens is 326 g/mol. The lowest BCUT2D eigenvalue weighted by atomic mass is 9.97. The normalized spacial score (nSPS) is 19.6. The highest BCUT2D eigenvalue weighted by molar-refractivity contribution is 7.89. The number of nitrogens with zero attached hydrogens (tertiary/aromatic N) is 2. The van der Waals surface area contributed by atoms with Crippen LogP contribution in [-0.4, -0.2) is 38.3 Å². The number of nitriles is 1.